The van der Waals surface area contributed by atoms with Gasteiger partial charge in [-0.25, -0.2) is 9.38 Å². The molecule has 1 fully saturated rings. The van der Waals surface area contributed by atoms with Gasteiger partial charge < -0.3 is 14.6 Å². The van der Waals surface area contributed by atoms with Crippen LogP contribution in [0, 0.1) is 5.82 Å². The first-order valence-electron chi connectivity index (χ1n) is 10.0. The quantitative estimate of drug-likeness (QED) is 0.465. The third kappa shape index (κ3) is 5.47. The number of hydrogen-bond donors (Lipinski definition) is 0. The lowest BCUT2D eigenvalue weighted by Gasteiger charge is -2.09. The van der Waals surface area contributed by atoms with Crippen molar-refractivity contribution in [2.24, 2.45) is 4.99 Å². The van der Waals surface area contributed by atoms with Gasteiger partial charge in [-0.05, 0) is 70.9 Å². The number of ether oxygens (including phenoxy) is 1. The molecule has 172 valence electrons. The molecular formula is C25H17ClFN2O4S-. The lowest BCUT2D eigenvalue weighted by Crippen LogP contribution is -2.23. The molecule has 0 atom stereocenters. The number of carbonyl (C=O) groups excluding carboxylic acids is 2. The molecule has 4 rings (SSSR count). The lowest BCUT2D eigenvalue weighted by molar-refractivity contribution is -0.255. The highest BCUT2D eigenvalue weighted by Crippen LogP contribution is 2.34. The molecule has 34 heavy (non-hydrogen) atoms. The topological polar surface area (TPSA) is 82.0 Å². The minimum Gasteiger partial charge on any atom is -0.545 e. The van der Waals surface area contributed by atoms with Crippen LogP contribution in [0.25, 0.3) is 6.08 Å². The number of carboxylic acid groups (broad SMARTS) is 1. The summed E-state index contributed by atoms with van der Waals surface area (Å²) in [6.07, 6.45) is 1.69. The van der Waals surface area contributed by atoms with Crippen molar-refractivity contribution >= 4 is 52.2 Å². The van der Waals surface area contributed by atoms with Gasteiger partial charge in [0, 0.05) is 7.05 Å². The number of halogens is 2. The normalized spacial score (nSPS) is 15.9. The summed E-state index contributed by atoms with van der Waals surface area (Å²) in [5, 5.41) is 11.8. The Morgan fingerprint density at radius 3 is 2.65 bits per heavy atom. The number of carbonyl (C=O) groups is 2. The molecule has 0 N–H and O–H groups in total. The van der Waals surface area contributed by atoms with E-state index in [1.54, 1.807) is 55.6 Å². The Labute approximate surface area is 204 Å². The number of benzene rings is 3. The number of aliphatic imine (C=N–C) groups is 1. The maximum atomic E-state index is 13.0. The van der Waals surface area contributed by atoms with Crippen molar-refractivity contribution in [1.82, 2.24) is 4.90 Å². The van der Waals surface area contributed by atoms with Gasteiger partial charge in [-0.15, -0.1) is 0 Å². The highest BCUT2D eigenvalue weighted by molar-refractivity contribution is 8.18. The van der Waals surface area contributed by atoms with Gasteiger partial charge in [0.25, 0.3) is 5.91 Å². The Hall–Kier alpha value is -3.62. The fourth-order valence-corrected chi connectivity index (χ4v) is 4.31. The molecule has 0 spiro atoms. The Balaban J connectivity index is 1.49. The molecule has 1 aliphatic heterocycles. The molecule has 0 aliphatic carbocycles. The second-order valence-corrected chi connectivity index (χ2v) is 8.73. The number of hydrogen-bond acceptors (Lipinski definition) is 6. The third-order valence-corrected chi connectivity index (χ3v) is 6.23. The van der Waals surface area contributed by atoms with E-state index in [2.05, 4.69) is 4.99 Å². The van der Waals surface area contributed by atoms with E-state index in [1.807, 2.05) is 0 Å². The van der Waals surface area contributed by atoms with Crippen LogP contribution in [0.5, 0.6) is 5.75 Å². The van der Waals surface area contributed by atoms with Gasteiger partial charge in [0.05, 0.1) is 21.6 Å². The van der Waals surface area contributed by atoms with Crippen LogP contribution in [0.3, 0.4) is 0 Å². The van der Waals surface area contributed by atoms with Gasteiger partial charge in [-0.2, -0.15) is 0 Å². The highest BCUT2D eigenvalue weighted by atomic mass is 35.5. The van der Waals surface area contributed by atoms with Crippen molar-refractivity contribution in [3.63, 3.8) is 0 Å². The van der Waals surface area contributed by atoms with Crippen molar-refractivity contribution < 1.29 is 23.8 Å². The fourth-order valence-electron chi connectivity index (χ4n) is 3.08. The molecule has 6 nitrogen and oxygen atoms in total. The lowest BCUT2D eigenvalue weighted by atomic mass is 10.2. The first kappa shape index (κ1) is 23.5. The Kier molecular flexibility index (Phi) is 7.00. The van der Waals surface area contributed by atoms with Crippen LogP contribution in [0.2, 0.25) is 5.02 Å². The van der Waals surface area contributed by atoms with Gasteiger partial charge in [0.1, 0.15) is 18.2 Å². The molecule has 1 saturated heterocycles. The van der Waals surface area contributed by atoms with Gasteiger partial charge >= 0.3 is 0 Å². The zero-order chi connectivity index (χ0) is 24.2. The molecule has 0 aromatic heterocycles. The molecule has 0 saturated carbocycles. The van der Waals surface area contributed by atoms with Crippen molar-refractivity contribution in [3.05, 3.63) is 99.2 Å². The summed E-state index contributed by atoms with van der Waals surface area (Å²) in [6.45, 7) is 0.235. The molecule has 9 heteroatoms. The predicted molar refractivity (Wildman–Crippen MR) is 128 cm³/mol. The van der Waals surface area contributed by atoms with E-state index in [-0.39, 0.29) is 23.9 Å². The van der Waals surface area contributed by atoms with Crippen LogP contribution < -0.4 is 9.84 Å². The summed E-state index contributed by atoms with van der Waals surface area (Å²) in [7, 11) is 1.59. The third-order valence-electron chi connectivity index (χ3n) is 4.87. The summed E-state index contributed by atoms with van der Waals surface area (Å²) in [5.41, 5.74) is 1.90. The van der Waals surface area contributed by atoms with Crippen molar-refractivity contribution in [2.45, 2.75) is 6.61 Å². The summed E-state index contributed by atoms with van der Waals surface area (Å²) in [4.78, 5) is 30.0. The number of amidine groups is 1. The summed E-state index contributed by atoms with van der Waals surface area (Å²) in [6, 6.07) is 17.1. The minimum absolute atomic E-state index is 0.00553. The zero-order valence-corrected chi connectivity index (χ0v) is 19.4. The molecule has 0 radical (unpaired) electrons. The Morgan fingerprint density at radius 2 is 1.94 bits per heavy atom. The molecule has 1 amide bonds. The van der Waals surface area contributed by atoms with E-state index in [4.69, 9.17) is 16.3 Å². The first-order chi connectivity index (χ1) is 16.3. The number of thioether (sulfide) groups is 1. The zero-order valence-electron chi connectivity index (χ0n) is 17.8. The van der Waals surface area contributed by atoms with Crippen LogP contribution >= 0.6 is 23.4 Å². The highest BCUT2D eigenvalue weighted by Gasteiger charge is 2.30. The van der Waals surface area contributed by atoms with Gasteiger partial charge in [-0.3, -0.25) is 9.69 Å². The largest absolute Gasteiger partial charge is 0.545 e. The number of likely N-dealkylation sites (N-methyl/N-ethyl adjacent to an activating group) is 1. The van der Waals surface area contributed by atoms with Crippen LogP contribution in [0.1, 0.15) is 21.5 Å². The molecule has 1 heterocycles. The van der Waals surface area contributed by atoms with E-state index in [0.717, 1.165) is 5.56 Å². The molecule has 0 bridgehead atoms. The van der Waals surface area contributed by atoms with Crippen LogP contribution in [-0.2, 0) is 11.4 Å². The second kappa shape index (κ2) is 10.1. The smallest absolute Gasteiger partial charge is 0.266 e. The predicted octanol–water partition coefficient (Wildman–Crippen LogP) is 4.66. The average Bonchev–Trinajstić information content (AvgIpc) is 3.07. The maximum absolute atomic E-state index is 13.0. The molecule has 3 aromatic rings. The van der Waals surface area contributed by atoms with E-state index in [1.165, 1.54) is 40.9 Å². The van der Waals surface area contributed by atoms with Gasteiger partial charge in [-0.1, -0.05) is 41.9 Å². The van der Waals surface area contributed by atoms with Gasteiger partial charge in [0.15, 0.2) is 5.17 Å². The SMILES string of the molecule is CN1C(=O)C(=Cc2ccc(OCc3ccc(F)cc3)c(Cl)c2)SC1=Nc1cccc(C(=O)[O-])c1. The number of nitrogens with zero attached hydrogens (tertiary/aromatic N) is 2. The molecule has 1 aliphatic rings. The number of aromatic carboxylic acids is 1. The number of rotatable bonds is 6. The van der Waals surface area contributed by atoms with E-state index >= 15 is 0 Å². The van der Waals surface area contributed by atoms with Crippen molar-refractivity contribution in [3.8, 4) is 5.75 Å². The second-order valence-electron chi connectivity index (χ2n) is 7.31. The van der Waals surface area contributed by atoms with Crippen molar-refractivity contribution in [2.75, 3.05) is 7.05 Å². The summed E-state index contributed by atoms with van der Waals surface area (Å²) >= 11 is 7.52. The van der Waals surface area contributed by atoms with E-state index in [0.29, 0.717) is 32.1 Å². The Bertz CT molecular complexity index is 1320. The van der Waals surface area contributed by atoms with E-state index < -0.39 is 5.97 Å². The van der Waals surface area contributed by atoms with Crippen LogP contribution in [0.15, 0.2) is 76.6 Å². The van der Waals surface area contributed by atoms with Crippen LogP contribution in [0.4, 0.5) is 10.1 Å². The average molecular weight is 496 g/mol. The Morgan fingerprint density at radius 1 is 1.18 bits per heavy atom. The summed E-state index contributed by atoms with van der Waals surface area (Å²) < 4.78 is 18.7. The van der Waals surface area contributed by atoms with E-state index in [9.17, 15) is 19.1 Å². The number of amides is 1. The van der Waals surface area contributed by atoms with Gasteiger partial charge in [0.2, 0.25) is 0 Å². The monoisotopic (exact) mass is 495 g/mol. The van der Waals surface area contributed by atoms with Crippen molar-refractivity contribution in [1.29, 1.82) is 0 Å². The maximum Gasteiger partial charge on any atom is 0.266 e. The fraction of sp³-hybridized carbons (Fsp3) is 0.0800. The molecular weight excluding hydrogens is 479 g/mol. The van der Waals surface area contributed by atoms with Crippen LogP contribution in [-0.4, -0.2) is 29.0 Å². The molecule has 3 aromatic carbocycles. The number of carboxylic acids is 1. The standard InChI is InChI=1S/C25H18ClFN2O4S/c1-29-23(30)22(34-25(29)28-19-4-2-3-17(13-19)24(31)32)12-16-7-10-21(20(26)11-16)33-14-15-5-8-18(27)9-6-15/h2-13H,14H2,1H3,(H,31,32)/p-1. The first-order valence-corrected chi connectivity index (χ1v) is 11.2. The molecule has 0 unspecified atom stereocenters. The minimum atomic E-state index is -1.30. The summed E-state index contributed by atoms with van der Waals surface area (Å²) in [5.74, 6) is -1.39.